The molecule has 0 aliphatic carbocycles. The quantitative estimate of drug-likeness (QED) is 0.538. The van der Waals surface area contributed by atoms with E-state index in [0.717, 1.165) is 36.9 Å². The number of ether oxygens (including phenoxy) is 1. The van der Waals surface area contributed by atoms with Crippen LogP contribution in [0.5, 0.6) is 5.75 Å². The van der Waals surface area contributed by atoms with E-state index in [1.165, 1.54) is 68.4 Å². The molecule has 160 valence electrons. The number of hydrogen-bond donors (Lipinski definition) is 0. The minimum Gasteiger partial charge on any atom is -0.493 e. The van der Waals surface area contributed by atoms with Crippen LogP contribution in [0.2, 0.25) is 5.02 Å². The largest absolute Gasteiger partial charge is 0.493 e. The third-order valence-electron chi connectivity index (χ3n) is 7.19. The lowest BCUT2D eigenvalue weighted by atomic mass is 9.81. The van der Waals surface area contributed by atoms with Gasteiger partial charge in [0.1, 0.15) is 5.75 Å². The molecular formula is C26H33ClN2O. The molecule has 0 aromatic heterocycles. The van der Waals surface area contributed by atoms with Crippen molar-refractivity contribution in [2.45, 2.75) is 50.5 Å². The third kappa shape index (κ3) is 4.12. The fourth-order valence-corrected chi connectivity index (χ4v) is 6.01. The summed E-state index contributed by atoms with van der Waals surface area (Å²) in [4.78, 5) is 5.24. The van der Waals surface area contributed by atoms with E-state index < -0.39 is 0 Å². The molecule has 3 aliphatic heterocycles. The number of hydrogen-bond acceptors (Lipinski definition) is 3. The van der Waals surface area contributed by atoms with Crippen molar-refractivity contribution in [2.75, 3.05) is 39.3 Å². The molecule has 0 spiro atoms. The van der Waals surface area contributed by atoms with Crippen LogP contribution in [0.1, 0.15) is 67.2 Å². The number of piperidine rings is 1. The second kappa shape index (κ2) is 9.30. The second-order valence-electron chi connectivity index (χ2n) is 9.09. The number of halogens is 1. The first-order valence-electron chi connectivity index (χ1n) is 11.8. The number of fused-ring (bicyclic) bond motifs is 3. The van der Waals surface area contributed by atoms with E-state index in [1.807, 2.05) is 12.1 Å². The smallest absolute Gasteiger partial charge is 0.123 e. The summed E-state index contributed by atoms with van der Waals surface area (Å²) >= 11 is 6.67. The molecular weight excluding hydrogens is 392 g/mol. The highest BCUT2D eigenvalue weighted by molar-refractivity contribution is 6.31. The Kier molecular flexibility index (Phi) is 6.31. The lowest BCUT2D eigenvalue weighted by molar-refractivity contribution is 0.200. The van der Waals surface area contributed by atoms with Crippen molar-refractivity contribution in [3.8, 4) is 5.75 Å². The highest BCUT2D eigenvalue weighted by Gasteiger charge is 2.38. The van der Waals surface area contributed by atoms with E-state index in [2.05, 4.69) is 40.1 Å². The standard InChI is InChI=1S/C26H33ClN2O/c27-23-11-3-2-9-20(23)22-19-29-17-7-12-24(29)21-10-6-13-25(26(21)22)30-18-8-16-28-14-4-1-5-15-28/h2-3,6,9-11,13,22,24H,1,4-5,7-8,12,14-19H2/t22-,24-/m0/s1. The minimum atomic E-state index is 0.279. The van der Waals surface area contributed by atoms with E-state index in [4.69, 9.17) is 16.3 Å². The molecule has 3 heterocycles. The van der Waals surface area contributed by atoms with E-state index >= 15 is 0 Å². The molecule has 2 aromatic carbocycles. The second-order valence-corrected chi connectivity index (χ2v) is 9.50. The highest BCUT2D eigenvalue weighted by atomic mass is 35.5. The molecule has 30 heavy (non-hydrogen) atoms. The van der Waals surface area contributed by atoms with Gasteiger partial charge in [-0.25, -0.2) is 0 Å². The monoisotopic (exact) mass is 424 g/mol. The van der Waals surface area contributed by atoms with Gasteiger partial charge in [-0.1, -0.05) is 48.4 Å². The fourth-order valence-electron chi connectivity index (χ4n) is 5.74. The van der Waals surface area contributed by atoms with Crippen molar-refractivity contribution in [1.82, 2.24) is 9.80 Å². The molecule has 5 rings (SSSR count). The van der Waals surface area contributed by atoms with Crippen LogP contribution in [0.15, 0.2) is 42.5 Å². The Bertz CT molecular complexity index is 864. The Morgan fingerprint density at radius 3 is 2.60 bits per heavy atom. The summed E-state index contributed by atoms with van der Waals surface area (Å²) in [6.45, 7) is 6.68. The molecule has 2 aromatic rings. The van der Waals surface area contributed by atoms with Gasteiger partial charge in [0.05, 0.1) is 6.61 Å². The average molecular weight is 425 g/mol. The van der Waals surface area contributed by atoms with Gasteiger partial charge in [0.25, 0.3) is 0 Å². The molecule has 2 atom stereocenters. The molecule has 0 bridgehead atoms. The van der Waals surface area contributed by atoms with Crippen molar-refractivity contribution in [1.29, 1.82) is 0 Å². The predicted octanol–water partition coefficient (Wildman–Crippen LogP) is 5.88. The zero-order valence-corrected chi connectivity index (χ0v) is 18.6. The van der Waals surface area contributed by atoms with E-state index in [0.29, 0.717) is 6.04 Å². The lowest BCUT2D eigenvalue weighted by Crippen LogP contribution is -2.35. The summed E-state index contributed by atoms with van der Waals surface area (Å²) in [5, 5.41) is 0.867. The van der Waals surface area contributed by atoms with Crippen LogP contribution in [-0.4, -0.2) is 49.1 Å². The van der Waals surface area contributed by atoms with Gasteiger partial charge < -0.3 is 9.64 Å². The Morgan fingerprint density at radius 1 is 0.900 bits per heavy atom. The maximum Gasteiger partial charge on any atom is 0.123 e. The summed E-state index contributed by atoms with van der Waals surface area (Å²) in [5.74, 6) is 1.35. The van der Waals surface area contributed by atoms with Crippen molar-refractivity contribution >= 4 is 11.6 Å². The Labute approximate surface area is 186 Å². The SMILES string of the molecule is Clc1ccccc1[C@@H]1CN2CCC[C@H]2c2cccc(OCCCN3CCCCC3)c21. The zero-order chi connectivity index (χ0) is 20.3. The Morgan fingerprint density at radius 2 is 1.73 bits per heavy atom. The number of nitrogens with zero attached hydrogens (tertiary/aromatic N) is 2. The topological polar surface area (TPSA) is 15.7 Å². The molecule has 2 saturated heterocycles. The molecule has 3 nitrogen and oxygen atoms in total. The molecule has 0 N–H and O–H groups in total. The highest BCUT2D eigenvalue weighted by Crippen LogP contribution is 2.48. The summed E-state index contributed by atoms with van der Waals surface area (Å²) in [7, 11) is 0. The van der Waals surface area contributed by atoms with Crippen LogP contribution in [0.3, 0.4) is 0 Å². The van der Waals surface area contributed by atoms with Gasteiger partial charge in [-0.2, -0.15) is 0 Å². The Hall–Kier alpha value is -1.55. The number of rotatable bonds is 6. The number of likely N-dealkylation sites (tertiary alicyclic amines) is 1. The van der Waals surface area contributed by atoms with Crippen LogP contribution in [-0.2, 0) is 0 Å². The van der Waals surface area contributed by atoms with Gasteiger partial charge >= 0.3 is 0 Å². The van der Waals surface area contributed by atoms with Gasteiger partial charge in [0, 0.05) is 35.6 Å². The minimum absolute atomic E-state index is 0.279. The van der Waals surface area contributed by atoms with Gasteiger partial charge in [-0.3, -0.25) is 4.90 Å². The van der Waals surface area contributed by atoms with Crippen molar-refractivity contribution in [3.05, 3.63) is 64.2 Å². The summed E-state index contributed by atoms with van der Waals surface area (Å²) in [6.07, 6.45) is 7.72. The molecule has 0 amide bonds. The first kappa shape index (κ1) is 20.4. The number of benzene rings is 2. The van der Waals surface area contributed by atoms with E-state index in [1.54, 1.807) is 0 Å². The average Bonchev–Trinajstić information content (AvgIpc) is 3.26. The third-order valence-corrected chi connectivity index (χ3v) is 7.54. The lowest BCUT2D eigenvalue weighted by Gasteiger charge is -2.38. The normalized spacial score (nSPS) is 24.4. The van der Waals surface area contributed by atoms with Crippen molar-refractivity contribution in [3.63, 3.8) is 0 Å². The molecule has 0 saturated carbocycles. The molecule has 0 radical (unpaired) electrons. The van der Waals surface area contributed by atoms with Crippen LogP contribution >= 0.6 is 11.6 Å². The van der Waals surface area contributed by atoms with Gasteiger partial charge in [0.2, 0.25) is 0 Å². The van der Waals surface area contributed by atoms with Gasteiger partial charge in [0.15, 0.2) is 0 Å². The van der Waals surface area contributed by atoms with Crippen LogP contribution in [0.4, 0.5) is 0 Å². The molecule has 0 unspecified atom stereocenters. The summed E-state index contributed by atoms with van der Waals surface area (Å²) in [5.41, 5.74) is 4.07. The van der Waals surface area contributed by atoms with E-state index in [-0.39, 0.29) is 5.92 Å². The maximum atomic E-state index is 6.67. The zero-order valence-electron chi connectivity index (χ0n) is 17.9. The maximum absolute atomic E-state index is 6.67. The van der Waals surface area contributed by atoms with Crippen molar-refractivity contribution < 1.29 is 4.74 Å². The van der Waals surface area contributed by atoms with E-state index in [9.17, 15) is 0 Å². The summed E-state index contributed by atoms with van der Waals surface area (Å²) in [6, 6.07) is 15.6. The van der Waals surface area contributed by atoms with Crippen molar-refractivity contribution in [2.24, 2.45) is 0 Å². The first-order chi connectivity index (χ1) is 14.8. The van der Waals surface area contributed by atoms with Gasteiger partial charge in [-0.15, -0.1) is 0 Å². The van der Waals surface area contributed by atoms with Crippen LogP contribution in [0.25, 0.3) is 0 Å². The fraction of sp³-hybridized carbons (Fsp3) is 0.538. The Balaban J connectivity index is 1.38. The first-order valence-corrected chi connectivity index (χ1v) is 12.2. The van der Waals surface area contributed by atoms with Crippen LogP contribution < -0.4 is 4.74 Å². The molecule has 4 heteroatoms. The summed E-state index contributed by atoms with van der Waals surface area (Å²) < 4.78 is 6.45. The molecule has 2 fully saturated rings. The van der Waals surface area contributed by atoms with Gasteiger partial charge in [-0.05, 0) is 75.0 Å². The van der Waals surface area contributed by atoms with Crippen LogP contribution in [0, 0.1) is 0 Å². The predicted molar refractivity (Wildman–Crippen MR) is 124 cm³/mol. The molecule has 3 aliphatic rings.